The number of carbonyl (C=O) groups is 2. The van der Waals surface area contributed by atoms with Crippen LogP contribution in [0, 0.1) is 5.92 Å². The van der Waals surface area contributed by atoms with Crippen LogP contribution < -0.4 is 5.73 Å². The minimum atomic E-state index is -0.439. The van der Waals surface area contributed by atoms with Crippen molar-refractivity contribution in [1.82, 2.24) is 9.80 Å². The quantitative estimate of drug-likeness (QED) is 0.683. The fourth-order valence-corrected chi connectivity index (χ4v) is 2.02. The molecule has 1 aliphatic carbocycles. The molecule has 1 heterocycles. The number of carbonyl (C=O) groups excluding carboxylic acids is 2. The normalized spacial score (nSPS) is 23.1. The first-order chi connectivity index (χ1) is 7.59. The predicted molar refractivity (Wildman–Crippen MR) is 59.5 cm³/mol. The molecule has 1 aliphatic heterocycles. The van der Waals surface area contributed by atoms with Crippen LogP contribution in [0.1, 0.15) is 19.8 Å². The Morgan fingerprint density at radius 2 is 1.62 bits per heavy atom. The Bertz CT molecular complexity index is 270. The van der Waals surface area contributed by atoms with Gasteiger partial charge < -0.3 is 15.5 Å². The number of nitrogens with two attached hydrogens (primary N) is 1. The Labute approximate surface area is 95.6 Å². The summed E-state index contributed by atoms with van der Waals surface area (Å²) in [5.41, 5.74) is 5.55. The van der Waals surface area contributed by atoms with E-state index in [1.165, 1.54) is 0 Å². The molecule has 0 radical (unpaired) electrons. The van der Waals surface area contributed by atoms with Crippen LogP contribution >= 0.6 is 0 Å². The highest BCUT2D eigenvalue weighted by molar-refractivity contribution is 5.83. The zero-order valence-electron chi connectivity index (χ0n) is 9.69. The predicted octanol–water partition coefficient (Wildman–Crippen LogP) is -0.586. The van der Waals surface area contributed by atoms with Crippen LogP contribution in [0.4, 0.5) is 0 Å². The van der Waals surface area contributed by atoms with E-state index in [1.807, 2.05) is 4.90 Å². The lowest BCUT2D eigenvalue weighted by atomic mass is 10.2. The van der Waals surface area contributed by atoms with Gasteiger partial charge in [0.15, 0.2) is 0 Å². The number of hydrogen-bond donors (Lipinski definition) is 1. The zero-order chi connectivity index (χ0) is 11.7. The standard InChI is InChI=1S/C11H19N3O2/c1-8(12)10(15)13-4-6-14(7-5-13)11(16)9-2-3-9/h8-9H,2-7,12H2,1H3/t8-/m0/s1. The second-order valence-electron chi connectivity index (χ2n) is 4.71. The van der Waals surface area contributed by atoms with Gasteiger partial charge in [-0.1, -0.05) is 0 Å². The molecule has 1 saturated carbocycles. The largest absolute Gasteiger partial charge is 0.339 e. The van der Waals surface area contributed by atoms with Crippen LogP contribution in [-0.2, 0) is 9.59 Å². The average molecular weight is 225 g/mol. The highest BCUT2D eigenvalue weighted by Gasteiger charge is 2.35. The van der Waals surface area contributed by atoms with Gasteiger partial charge >= 0.3 is 0 Å². The van der Waals surface area contributed by atoms with Crippen molar-refractivity contribution in [3.8, 4) is 0 Å². The van der Waals surface area contributed by atoms with E-state index in [4.69, 9.17) is 5.73 Å². The molecule has 0 unspecified atom stereocenters. The summed E-state index contributed by atoms with van der Waals surface area (Å²) >= 11 is 0. The molecule has 2 amide bonds. The van der Waals surface area contributed by atoms with E-state index in [-0.39, 0.29) is 17.7 Å². The topological polar surface area (TPSA) is 66.6 Å². The highest BCUT2D eigenvalue weighted by atomic mass is 16.2. The maximum atomic E-state index is 11.8. The van der Waals surface area contributed by atoms with Gasteiger partial charge in [-0.25, -0.2) is 0 Å². The van der Waals surface area contributed by atoms with Crippen LogP contribution in [0.5, 0.6) is 0 Å². The maximum absolute atomic E-state index is 11.8. The van der Waals surface area contributed by atoms with Crippen LogP contribution in [0.2, 0.25) is 0 Å². The second-order valence-corrected chi connectivity index (χ2v) is 4.71. The van der Waals surface area contributed by atoms with E-state index in [0.29, 0.717) is 26.2 Å². The zero-order valence-corrected chi connectivity index (χ0v) is 9.69. The summed E-state index contributed by atoms with van der Waals surface area (Å²) in [5, 5.41) is 0. The molecule has 1 atom stereocenters. The van der Waals surface area contributed by atoms with Gasteiger partial charge in [0.05, 0.1) is 6.04 Å². The second kappa shape index (κ2) is 4.41. The first-order valence-corrected chi connectivity index (χ1v) is 5.92. The van der Waals surface area contributed by atoms with Crippen molar-refractivity contribution in [2.75, 3.05) is 26.2 Å². The molecule has 5 heteroatoms. The number of nitrogens with zero attached hydrogens (tertiary/aromatic N) is 2. The average Bonchev–Trinajstić information content (AvgIpc) is 3.11. The Hall–Kier alpha value is -1.10. The Balaban J connectivity index is 1.82. The first kappa shape index (κ1) is 11.4. The highest BCUT2D eigenvalue weighted by Crippen LogP contribution is 2.31. The summed E-state index contributed by atoms with van der Waals surface area (Å²) < 4.78 is 0. The van der Waals surface area contributed by atoms with Crippen molar-refractivity contribution in [3.63, 3.8) is 0 Å². The van der Waals surface area contributed by atoms with Crippen molar-refractivity contribution in [3.05, 3.63) is 0 Å². The van der Waals surface area contributed by atoms with Crippen LogP contribution in [0.15, 0.2) is 0 Å². The molecule has 2 rings (SSSR count). The monoisotopic (exact) mass is 225 g/mol. The third kappa shape index (κ3) is 2.35. The molecule has 0 spiro atoms. The Kier molecular flexibility index (Phi) is 3.14. The molecule has 2 aliphatic rings. The molecule has 2 fully saturated rings. The fourth-order valence-electron chi connectivity index (χ4n) is 2.02. The summed E-state index contributed by atoms with van der Waals surface area (Å²) in [6.45, 7) is 4.27. The molecule has 0 aromatic rings. The third-order valence-corrected chi connectivity index (χ3v) is 3.22. The van der Waals surface area contributed by atoms with E-state index in [0.717, 1.165) is 12.8 Å². The minimum Gasteiger partial charge on any atom is -0.339 e. The molecular weight excluding hydrogens is 206 g/mol. The third-order valence-electron chi connectivity index (χ3n) is 3.22. The molecule has 0 aromatic carbocycles. The SMILES string of the molecule is C[C@H](N)C(=O)N1CCN(C(=O)C2CC2)CC1. The smallest absolute Gasteiger partial charge is 0.239 e. The van der Waals surface area contributed by atoms with E-state index in [1.54, 1.807) is 11.8 Å². The first-order valence-electron chi connectivity index (χ1n) is 5.92. The van der Waals surface area contributed by atoms with Crippen molar-refractivity contribution >= 4 is 11.8 Å². The van der Waals surface area contributed by atoms with Crippen LogP contribution in [0.3, 0.4) is 0 Å². The fraction of sp³-hybridized carbons (Fsp3) is 0.818. The molecule has 1 saturated heterocycles. The summed E-state index contributed by atoms with van der Waals surface area (Å²) in [6, 6.07) is -0.439. The van der Waals surface area contributed by atoms with E-state index < -0.39 is 6.04 Å². The number of piperazine rings is 1. The van der Waals surface area contributed by atoms with E-state index in [9.17, 15) is 9.59 Å². The Morgan fingerprint density at radius 3 is 2.06 bits per heavy atom. The molecular formula is C11H19N3O2. The van der Waals surface area contributed by atoms with Gasteiger partial charge in [-0.15, -0.1) is 0 Å². The van der Waals surface area contributed by atoms with Crippen molar-refractivity contribution in [1.29, 1.82) is 0 Å². The maximum Gasteiger partial charge on any atom is 0.239 e. The Morgan fingerprint density at radius 1 is 1.12 bits per heavy atom. The van der Waals surface area contributed by atoms with E-state index in [2.05, 4.69) is 0 Å². The summed E-state index contributed by atoms with van der Waals surface area (Å²) in [4.78, 5) is 27.0. The van der Waals surface area contributed by atoms with Gasteiger partial charge in [0, 0.05) is 32.1 Å². The number of rotatable bonds is 2. The molecule has 0 bridgehead atoms. The lowest BCUT2D eigenvalue weighted by Gasteiger charge is -2.35. The summed E-state index contributed by atoms with van der Waals surface area (Å²) in [6.07, 6.45) is 2.08. The van der Waals surface area contributed by atoms with Gasteiger partial charge in [0.2, 0.25) is 11.8 Å². The molecule has 0 aromatic heterocycles. The van der Waals surface area contributed by atoms with Gasteiger partial charge in [-0.3, -0.25) is 9.59 Å². The number of amides is 2. The summed E-state index contributed by atoms with van der Waals surface area (Å²) in [7, 11) is 0. The van der Waals surface area contributed by atoms with Crippen LogP contribution in [0.25, 0.3) is 0 Å². The summed E-state index contributed by atoms with van der Waals surface area (Å²) in [5.74, 6) is 0.530. The van der Waals surface area contributed by atoms with Crippen molar-refractivity contribution in [2.24, 2.45) is 11.7 Å². The molecule has 16 heavy (non-hydrogen) atoms. The lowest BCUT2D eigenvalue weighted by Crippen LogP contribution is -2.54. The molecule has 90 valence electrons. The molecule has 5 nitrogen and oxygen atoms in total. The van der Waals surface area contributed by atoms with Gasteiger partial charge in [-0.2, -0.15) is 0 Å². The van der Waals surface area contributed by atoms with Crippen molar-refractivity contribution < 1.29 is 9.59 Å². The lowest BCUT2D eigenvalue weighted by molar-refractivity contribution is -0.140. The molecule has 2 N–H and O–H groups in total. The van der Waals surface area contributed by atoms with Crippen LogP contribution in [-0.4, -0.2) is 53.8 Å². The van der Waals surface area contributed by atoms with Gasteiger partial charge in [0.25, 0.3) is 0 Å². The number of hydrogen-bond acceptors (Lipinski definition) is 3. The van der Waals surface area contributed by atoms with Crippen molar-refractivity contribution in [2.45, 2.75) is 25.8 Å². The van der Waals surface area contributed by atoms with Gasteiger partial charge in [-0.05, 0) is 19.8 Å². The van der Waals surface area contributed by atoms with Gasteiger partial charge in [0.1, 0.15) is 0 Å². The van der Waals surface area contributed by atoms with E-state index >= 15 is 0 Å². The minimum absolute atomic E-state index is 0.0153.